The number of guanidine groups is 1. The molecule has 3 rings (SSSR count). The zero-order valence-corrected chi connectivity index (χ0v) is 16.7. The number of hydrogen-bond acceptors (Lipinski definition) is 4. The molecule has 1 aromatic heterocycles. The summed E-state index contributed by atoms with van der Waals surface area (Å²) in [5.74, 6) is 1.71. The minimum Gasteiger partial charge on any atom is -0.469 e. The molecule has 1 aliphatic rings. The van der Waals surface area contributed by atoms with Crippen molar-refractivity contribution in [2.75, 3.05) is 6.54 Å². The van der Waals surface area contributed by atoms with Gasteiger partial charge in [-0.25, -0.2) is 18.5 Å². The first-order valence-corrected chi connectivity index (χ1v) is 11.2. The molecule has 28 heavy (non-hydrogen) atoms. The van der Waals surface area contributed by atoms with Crippen LogP contribution in [-0.2, 0) is 23.0 Å². The molecule has 152 valence electrons. The highest BCUT2D eigenvalue weighted by molar-refractivity contribution is 7.89. The second-order valence-electron chi connectivity index (χ2n) is 7.09. The van der Waals surface area contributed by atoms with E-state index >= 15 is 0 Å². The van der Waals surface area contributed by atoms with Crippen LogP contribution in [0.1, 0.15) is 43.4 Å². The Morgan fingerprint density at radius 2 is 1.89 bits per heavy atom. The van der Waals surface area contributed by atoms with Gasteiger partial charge in [0.15, 0.2) is 5.96 Å². The van der Waals surface area contributed by atoms with Crippen molar-refractivity contribution in [2.45, 2.75) is 56.0 Å². The first kappa shape index (κ1) is 20.4. The van der Waals surface area contributed by atoms with Gasteiger partial charge in [-0.15, -0.1) is 0 Å². The Hall–Kier alpha value is -2.32. The quantitative estimate of drug-likeness (QED) is 0.485. The lowest BCUT2D eigenvalue weighted by atomic mass is 9.96. The molecule has 7 nitrogen and oxygen atoms in total. The minimum atomic E-state index is -3.67. The Balaban J connectivity index is 1.61. The molecule has 0 unspecified atom stereocenters. The summed E-state index contributed by atoms with van der Waals surface area (Å²) in [6, 6.07) is 10.8. The first-order chi connectivity index (χ1) is 13.5. The zero-order valence-electron chi connectivity index (χ0n) is 15.9. The normalized spacial score (nSPS) is 16.1. The van der Waals surface area contributed by atoms with E-state index < -0.39 is 10.0 Å². The topological polar surface area (TPSA) is 110 Å². The SMILES string of the molecule is NS(=O)(=O)c1ccc(CN=C(NCCc2ccco2)NC2CCCCC2)cc1. The molecule has 4 N–H and O–H groups in total. The molecule has 0 aliphatic heterocycles. The van der Waals surface area contributed by atoms with Crippen molar-refractivity contribution in [1.82, 2.24) is 10.6 Å². The van der Waals surface area contributed by atoms with Gasteiger partial charge < -0.3 is 15.1 Å². The number of furan rings is 1. The lowest BCUT2D eigenvalue weighted by Gasteiger charge is -2.25. The molecule has 2 aromatic rings. The van der Waals surface area contributed by atoms with E-state index in [2.05, 4.69) is 15.6 Å². The van der Waals surface area contributed by atoms with Crippen molar-refractivity contribution in [3.8, 4) is 0 Å². The van der Waals surface area contributed by atoms with Crippen LogP contribution in [0.4, 0.5) is 0 Å². The molecule has 0 spiro atoms. The summed E-state index contributed by atoms with van der Waals surface area (Å²) in [5.41, 5.74) is 0.920. The van der Waals surface area contributed by atoms with Crippen molar-refractivity contribution >= 4 is 16.0 Å². The van der Waals surface area contributed by atoms with Gasteiger partial charge in [-0.05, 0) is 42.7 Å². The monoisotopic (exact) mass is 404 g/mol. The fraction of sp³-hybridized carbons (Fsp3) is 0.450. The summed E-state index contributed by atoms with van der Waals surface area (Å²) in [5, 5.41) is 12.1. The summed E-state index contributed by atoms with van der Waals surface area (Å²) in [6.45, 7) is 1.17. The fourth-order valence-corrected chi connectivity index (χ4v) is 3.82. The number of primary sulfonamides is 1. The molecular formula is C20H28N4O3S. The third-order valence-corrected chi connectivity index (χ3v) is 5.79. The molecule has 1 fully saturated rings. The van der Waals surface area contributed by atoms with Gasteiger partial charge in [-0.2, -0.15) is 0 Å². The van der Waals surface area contributed by atoms with Crippen LogP contribution in [0.25, 0.3) is 0 Å². The maximum atomic E-state index is 11.4. The maximum Gasteiger partial charge on any atom is 0.238 e. The van der Waals surface area contributed by atoms with Gasteiger partial charge in [0.25, 0.3) is 0 Å². The van der Waals surface area contributed by atoms with Gasteiger partial charge in [0, 0.05) is 19.0 Å². The van der Waals surface area contributed by atoms with Gasteiger partial charge in [0.1, 0.15) is 5.76 Å². The number of sulfonamides is 1. The highest BCUT2D eigenvalue weighted by atomic mass is 32.2. The minimum absolute atomic E-state index is 0.109. The highest BCUT2D eigenvalue weighted by Crippen LogP contribution is 2.17. The summed E-state index contributed by atoms with van der Waals surface area (Å²) in [7, 11) is -3.67. The van der Waals surface area contributed by atoms with E-state index in [9.17, 15) is 8.42 Å². The summed E-state index contributed by atoms with van der Waals surface area (Å²) >= 11 is 0. The Labute approximate surface area is 166 Å². The Bertz CT molecular complexity index is 855. The van der Waals surface area contributed by atoms with Crippen LogP contribution in [0.2, 0.25) is 0 Å². The Kier molecular flexibility index (Phi) is 7.11. The van der Waals surface area contributed by atoms with E-state index in [1.807, 2.05) is 12.1 Å². The van der Waals surface area contributed by atoms with Gasteiger partial charge >= 0.3 is 0 Å². The van der Waals surface area contributed by atoms with E-state index in [-0.39, 0.29) is 4.90 Å². The lowest BCUT2D eigenvalue weighted by molar-refractivity contribution is 0.409. The predicted molar refractivity (Wildman–Crippen MR) is 109 cm³/mol. The van der Waals surface area contributed by atoms with Gasteiger partial charge in [0.2, 0.25) is 10.0 Å². The van der Waals surface area contributed by atoms with Gasteiger partial charge in [-0.3, -0.25) is 0 Å². The van der Waals surface area contributed by atoms with Crippen molar-refractivity contribution < 1.29 is 12.8 Å². The van der Waals surface area contributed by atoms with E-state index in [0.717, 1.165) is 43.1 Å². The molecule has 8 heteroatoms. The maximum absolute atomic E-state index is 11.4. The van der Waals surface area contributed by atoms with E-state index in [1.165, 1.54) is 31.4 Å². The van der Waals surface area contributed by atoms with Crippen LogP contribution < -0.4 is 15.8 Å². The van der Waals surface area contributed by atoms with Crippen molar-refractivity contribution in [1.29, 1.82) is 0 Å². The second-order valence-corrected chi connectivity index (χ2v) is 8.65. The Morgan fingerprint density at radius 3 is 2.54 bits per heavy atom. The van der Waals surface area contributed by atoms with Crippen LogP contribution in [0.15, 0.2) is 57.0 Å². The molecular weight excluding hydrogens is 376 g/mol. The zero-order chi connectivity index (χ0) is 19.8. The molecule has 0 amide bonds. The summed E-state index contributed by atoms with van der Waals surface area (Å²) in [6.07, 6.45) is 8.55. The number of aliphatic imine (C=N–C) groups is 1. The molecule has 0 bridgehead atoms. The van der Waals surface area contributed by atoms with Crippen molar-refractivity contribution in [3.05, 3.63) is 54.0 Å². The standard InChI is InChI=1S/C20H28N4O3S/c21-28(25,26)19-10-8-16(9-11-19)15-23-20(24-17-5-2-1-3-6-17)22-13-12-18-7-4-14-27-18/h4,7-11,14,17H,1-3,5-6,12-13,15H2,(H2,21,25,26)(H2,22,23,24). The summed E-state index contributed by atoms with van der Waals surface area (Å²) < 4.78 is 28.1. The van der Waals surface area contributed by atoms with Crippen molar-refractivity contribution in [2.24, 2.45) is 10.1 Å². The molecule has 0 atom stereocenters. The lowest BCUT2D eigenvalue weighted by Crippen LogP contribution is -2.44. The van der Waals surface area contributed by atoms with Crippen LogP contribution in [0, 0.1) is 0 Å². The molecule has 1 heterocycles. The molecule has 0 radical (unpaired) electrons. The van der Waals surface area contributed by atoms with E-state index in [1.54, 1.807) is 18.4 Å². The Morgan fingerprint density at radius 1 is 1.14 bits per heavy atom. The number of rotatable bonds is 7. The van der Waals surface area contributed by atoms with E-state index in [0.29, 0.717) is 12.6 Å². The first-order valence-electron chi connectivity index (χ1n) is 9.70. The van der Waals surface area contributed by atoms with Gasteiger partial charge in [-0.1, -0.05) is 31.4 Å². The van der Waals surface area contributed by atoms with E-state index in [4.69, 9.17) is 9.56 Å². The molecule has 1 aromatic carbocycles. The number of nitrogens with zero attached hydrogens (tertiary/aromatic N) is 1. The van der Waals surface area contributed by atoms with Crippen LogP contribution in [-0.4, -0.2) is 27.0 Å². The fourth-order valence-electron chi connectivity index (χ4n) is 3.31. The number of benzene rings is 1. The second kappa shape index (κ2) is 9.75. The predicted octanol–water partition coefficient (Wildman–Crippen LogP) is 2.54. The number of hydrogen-bond donors (Lipinski definition) is 3. The van der Waals surface area contributed by atoms with Crippen LogP contribution >= 0.6 is 0 Å². The molecule has 1 aliphatic carbocycles. The highest BCUT2D eigenvalue weighted by Gasteiger charge is 2.14. The smallest absolute Gasteiger partial charge is 0.238 e. The van der Waals surface area contributed by atoms with Crippen LogP contribution in [0.3, 0.4) is 0 Å². The number of nitrogens with two attached hydrogens (primary N) is 1. The van der Waals surface area contributed by atoms with Crippen molar-refractivity contribution in [3.63, 3.8) is 0 Å². The average molecular weight is 405 g/mol. The molecule has 1 saturated carbocycles. The largest absolute Gasteiger partial charge is 0.469 e. The molecule has 0 saturated heterocycles. The van der Waals surface area contributed by atoms with Gasteiger partial charge in [0.05, 0.1) is 17.7 Å². The third-order valence-electron chi connectivity index (χ3n) is 4.86. The number of nitrogens with one attached hydrogen (secondary N) is 2. The van der Waals surface area contributed by atoms with Crippen LogP contribution in [0.5, 0.6) is 0 Å². The third kappa shape index (κ3) is 6.38. The average Bonchev–Trinajstić information content (AvgIpc) is 3.20. The summed E-state index contributed by atoms with van der Waals surface area (Å²) in [4.78, 5) is 4.79.